The first kappa shape index (κ1) is 31.3. The highest BCUT2D eigenvalue weighted by atomic mass is 16.5. The maximum absolute atomic E-state index is 13.9. The zero-order valence-electron chi connectivity index (χ0n) is 25.3. The summed E-state index contributed by atoms with van der Waals surface area (Å²) in [6, 6.07) is 11.4. The molecular weight excluding hydrogens is 498 g/mol. The van der Waals surface area contributed by atoms with E-state index < -0.39 is 0 Å². The van der Waals surface area contributed by atoms with E-state index >= 15 is 0 Å². The summed E-state index contributed by atoms with van der Waals surface area (Å²) in [4.78, 5) is 29.1. The number of nitrogens with zero attached hydrogens (tertiary/aromatic N) is 1. The van der Waals surface area contributed by atoms with Crippen molar-refractivity contribution in [3.05, 3.63) is 76.1 Å². The monoisotopic (exact) mass is 545 g/mol. The number of esters is 1. The number of carbonyl (C=O) groups is 2. The number of benzene rings is 2. The van der Waals surface area contributed by atoms with E-state index in [0.717, 1.165) is 43.6 Å². The van der Waals surface area contributed by atoms with Crippen LogP contribution in [0.25, 0.3) is 17.0 Å². The molecule has 0 fully saturated rings. The smallest absolute Gasteiger partial charge is 0.338 e. The van der Waals surface area contributed by atoms with Crippen LogP contribution in [-0.4, -0.2) is 42.4 Å². The molecule has 0 unspecified atom stereocenters. The van der Waals surface area contributed by atoms with Gasteiger partial charge in [0.15, 0.2) is 5.78 Å². The number of rotatable bonds is 16. The largest absolute Gasteiger partial charge is 0.460 e. The summed E-state index contributed by atoms with van der Waals surface area (Å²) in [5.74, 6) is 0.208. The van der Waals surface area contributed by atoms with Crippen LogP contribution < -0.4 is 0 Å². The Labute approximate surface area is 240 Å². The second-order valence-electron chi connectivity index (χ2n) is 11.0. The Hall–Kier alpha value is -3.18. The Kier molecular flexibility index (Phi) is 12.2. The van der Waals surface area contributed by atoms with Gasteiger partial charge in [-0.2, -0.15) is 0 Å². The minimum Gasteiger partial charge on any atom is -0.460 e. The average Bonchev–Trinajstić information content (AvgIpc) is 3.28. The van der Waals surface area contributed by atoms with Crippen molar-refractivity contribution >= 4 is 28.8 Å². The lowest BCUT2D eigenvalue weighted by Crippen LogP contribution is -2.26. The molecule has 216 valence electrons. The van der Waals surface area contributed by atoms with E-state index in [4.69, 9.17) is 9.15 Å². The van der Waals surface area contributed by atoms with Crippen molar-refractivity contribution in [2.45, 2.75) is 92.6 Å². The molecular formula is C35H47NO4. The topological polar surface area (TPSA) is 59.8 Å². The molecule has 0 N–H and O–H groups in total. The lowest BCUT2D eigenvalue weighted by atomic mass is 9.95. The Morgan fingerprint density at radius 1 is 0.950 bits per heavy atom. The summed E-state index contributed by atoms with van der Waals surface area (Å²) in [5, 5.41) is 0.667. The summed E-state index contributed by atoms with van der Waals surface area (Å²) in [7, 11) is 0. The Morgan fingerprint density at radius 2 is 1.60 bits per heavy atom. The van der Waals surface area contributed by atoms with Gasteiger partial charge in [-0.1, -0.05) is 76.5 Å². The number of furan rings is 1. The highest BCUT2D eigenvalue weighted by Crippen LogP contribution is 2.32. The average molecular weight is 546 g/mol. The molecule has 0 aliphatic heterocycles. The van der Waals surface area contributed by atoms with Crippen molar-refractivity contribution in [3.63, 3.8) is 0 Å². The molecule has 0 spiro atoms. The predicted molar refractivity (Wildman–Crippen MR) is 165 cm³/mol. The molecule has 0 aliphatic carbocycles. The first-order valence-corrected chi connectivity index (χ1v) is 15.1. The van der Waals surface area contributed by atoms with Crippen LogP contribution in [0.3, 0.4) is 0 Å². The summed E-state index contributed by atoms with van der Waals surface area (Å²) >= 11 is 0. The van der Waals surface area contributed by atoms with Crippen LogP contribution in [0.4, 0.5) is 0 Å². The molecule has 0 radical (unpaired) electrons. The van der Waals surface area contributed by atoms with Gasteiger partial charge in [-0.25, -0.2) is 4.79 Å². The summed E-state index contributed by atoms with van der Waals surface area (Å²) in [6.07, 6.45) is 11.6. The van der Waals surface area contributed by atoms with Crippen LogP contribution >= 0.6 is 0 Å². The molecule has 40 heavy (non-hydrogen) atoms. The van der Waals surface area contributed by atoms with Crippen LogP contribution in [0.5, 0.6) is 0 Å². The lowest BCUT2D eigenvalue weighted by molar-refractivity contribution is 0.0377. The van der Waals surface area contributed by atoms with Crippen molar-refractivity contribution in [2.24, 2.45) is 0 Å². The standard InChI is InChI=1S/C35H47NO4/c1-7-10-15-31-33(30-24-29(35(38)39-25(4)5)26(6)23-32(30)40-31)34(37)28-18-16-27(17-19-28)14-13-22-36(20-11-8-2)21-12-9-3/h13-14,16-19,23-25H,7-12,15,20-22H2,1-6H3. The molecule has 3 aromatic rings. The van der Waals surface area contributed by atoms with Gasteiger partial charge in [0.05, 0.1) is 17.2 Å². The fourth-order valence-electron chi connectivity index (χ4n) is 4.84. The number of ether oxygens (including phenoxy) is 1. The highest BCUT2D eigenvalue weighted by Gasteiger charge is 2.24. The zero-order valence-corrected chi connectivity index (χ0v) is 25.3. The molecule has 3 rings (SSSR count). The van der Waals surface area contributed by atoms with Gasteiger partial charge in [0.2, 0.25) is 0 Å². The molecule has 1 aromatic heterocycles. The number of unbranched alkanes of at least 4 members (excludes halogenated alkanes) is 3. The summed E-state index contributed by atoms with van der Waals surface area (Å²) in [6.45, 7) is 15.3. The van der Waals surface area contributed by atoms with Gasteiger partial charge < -0.3 is 9.15 Å². The molecule has 0 saturated heterocycles. The SMILES string of the molecule is CCCCc1oc2cc(C)c(C(=O)OC(C)C)cc2c1C(=O)c1ccc(C=CCN(CCCC)CCCC)cc1. The van der Waals surface area contributed by atoms with Crippen LogP contribution in [0.2, 0.25) is 0 Å². The molecule has 5 heteroatoms. The molecule has 5 nitrogen and oxygen atoms in total. The van der Waals surface area contributed by atoms with Gasteiger partial charge >= 0.3 is 5.97 Å². The summed E-state index contributed by atoms with van der Waals surface area (Å²) < 4.78 is 11.7. The molecule has 0 bridgehead atoms. The minimum atomic E-state index is -0.386. The Bertz CT molecular complexity index is 1270. The van der Waals surface area contributed by atoms with E-state index in [1.54, 1.807) is 6.07 Å². The van der Waals surface area contributed by atoms with Gasteiger partial charge in [0.1, 0.15) is 11.3 Å². The predicted octanol–water partition coefficient (Wildman–Crippen LogP) is 8.80. The van der Waals surface area contributed by atoms with Crippen molar-refractivity contribution in [1.82, 2.24) is 4.90 Å². The first-order chi connectivity index (χ1) is 19.3. The number of hydrogen-bond acceptors (Lipinski definition) is 5. The number of carbonyl (C=O) groups excluding carboxylic acids is 2. The number of ketones is 1. The fraction of sp³-hybridized carbons (Fsp3) is 0.486. The van der Waals surface area contributed by atoms with Crippen molar-refractivity contribution < 1.29 is 18.7 Å². The Morgan fingerprint density at radius 3 is 2.20 bits per heavy atom. The van der Waals surface area contributed by atoms with Gasteiger partial charge in [0, 0.05) is 23.9 Å². The lowest BCUT2D eigenvalue weighted by Gasteiger charge is -2.19. The second kappa shape index (κ2) is 15.6. The molecule has 1 heterocycles. The quantitative estimate of drug-likeness (QED) is 0.133. The van der Waals surface area contributed by atoms with E-state index in [1.165, 1.54) is 25.7 Å². The van der Waals surface area contributed by atoms with Crippen molar-refractivity contribution in [1.29, 1.82) is 0 Å². The van der Waals surface area contributed by atoms with E-state index in [2.05, 4.69) is 37.8 Å². The molecule has 0 saturated carbocycles. The zero-order chi connectivity index (χ0) is 29.1. The van der Waals surface area contributed by atoms with Crippen molar-refractivity contribution in [3.8, 4) is 0 Å². The molecule has 0 amide bonds. The highest BCUT2D eigenvalue weighted by molar-refractivity contribution is 6.17. The maximum Gasteiger partial charge on any atom is 0.338 e. The van der Waals surface area contributed by atoms with Crippen molar-refractivity contribution in [2.75, 3.05) is 19.6 Å². The molecule has 2 aromatic carbocycles. The van der Waals surface area contributed by atoms with Gasteiger partial charge in [-0.3, -0.25) is 9.69 Å². The second-order valence-corrected chi connectivity index (χ2v) is 11.0. The number of hydrogen-bond donors (Lipinski definition) is 0. The van der Waals surface area contributed by atoms with E-state index in [0.29, 0.717) is 39.8 Å². The van der Waals surface area contributed by atoms with Crippen LogP contribution in [-0.2, 0) is 11.2 Å². The third-order valence-corrected chi connectivity index (χ3v) is 7.16. The molecule has 0 aliphatic rings. The van der Waals surface area contributed by atoms with Crippen LogP contribution in [0.15, 0.2) is 46.9 Å². The van der Waals surface area contributed by atoms with E-state index in [1.807, 2.05) is 51.1 Å². The van der Waals surface area contributed by atoms with Crippen LogP contribution in [0.1, 0.15) is 116 Å². The van der Waals surface area contributed by atoms with Gasteiger partial charge in [-0.15, -0.1) is 0 Å². The number of fused-ring (bicyclic) bond motifs is 1. The normalized spacial score (nSPS) is 11.8. The maximum atomic E-state index is 13.9. The van der Waals surface area contributed by atoms with Gasteiger partial charge in [-0.05, 0) is 76.4 Å². The van der Waals surface area contributed by atoms with E-state index in [9.17, 15) is 9.59 Å². The summed E-state index contributed by atoms with van der Waals surface area (Å²) in [5.41, 5.74) is 4.09. The van der Waals surface area contributed by atoms with E-state index in [-0.39, 0.29) is 17.9 Å². The van der Waals surface area contributed by atoms with Crippen LogP contribution in [0, 0.1) is 6.92 Å². The third-order valence-electron chi connectivity index (χ3n) is 7.16. The Balaban J connectivity index is 1.87. The number of aryl methyl sites for hydroxylation is 2. The van der Waals surface area contributed by atoms with Gasteiger partial charge in [0.25, 0.3) is 0 Å². The minimum absolute atomic E-state index is 0.0854. The molecule has 0 atom stereocenters. The third kappa shape index (κ3) is 8.41. The first-order valence-electron chi connectivity index (χ1n) is 15.1. The fourth-order valence-corrected chi connectivity index (χ4v) is 4.84.